The molecule has 0 spiro atoms. The van der Waals surface area contributed by atoms with Crippen LogP contribution >= 0.6 is 0 Å². The summed E-state index contributed by atoms with van der Waals surface area (Å²) in [4.78, 5) is 14.5. The lowest BCUT2D eigenvalue weighted by Crippen LogP contribution is -2.62. The van der Waals surface area contributed by atoms with Crippen molar-refractivity contribution in [3.63, 3.8) is 0 Å². The summed E-state index contributed by atoms with van der Waals surface area (Å²) >= 11 is 0. The zero-order valence-corrected chi connectivity index (χ0v) is 18.0. The Morgan fingerprint density at radius 2 is 2.03 bits per heavy atom. The van der Waals surface area contributed by atoms with E-state index in [0.29, 0.717) is 24.4 Å². The van der Waals surface area contributed by atoms with E-state index in [4.69, 9.17) is 10.00 Å². The molecule has 1 fully saturated rings. The van der Waals surface area contributed by atoms with Crippen LogP contribution in [-0.4, -0.2) is 56.4 Å². The van der Waals surface area contributed by atoms with E-state index in [1.807, 2.05) is 6.07 Å². The molecule has 8 nitrogen and oxygen atoms in total. The lowest BCUT2D eigenvalue weighted by atomic mass is 10.1. The van der Waals surface area contributed by atoms with Crippen molar-refractivity contribution < 1.29 is 17.9 Å². The molecule has 2 amide bonds. The van der Waals surface area contributed by atoms with E-state index in [1.54, 1.807) is 41.3 Å². The molecule has 1 saturated heterocycles. The number of nitrogens with one attached hydrogen (secondary N) is 1. The predicted octanol–water partition coefficient (Wildman–Crippen LogP) is 2.34. The van der Waals surface area contributed by atoms with Crippen LogP contribution < -0.4 is 10.1 Å². The molecule has 0 unspecified atom stereocenters. The van der Waals surface area contributed by atoms with Crippen LogP contribution in [0.15, 0.2) is 66.1 Å². The molecule has 0 atom stereocenters. The summed E-state index contributed by atoms with van der Waals surface area (Å²) in [7, 11) is -2.10. The summed E-state index contributed by atoms with van der Waals surface area (Å²) < 4.78 is 31.8. The number of methoxy groups -OCH3 is 1. The normalized spacial score (nSPS) is 14.2. The first-order chi connectivity index (χ1) is 14.9. The number of hydrogen-bond donors (Lipinski definition) is 1. The Kier molecular flexibility index (Phi) is 6.95. The molecular formula is C22H24N4O4S. The topological polar surface area (TPSA) is 103 Å². The number of benzene rings is 2. The number of rotatable bonds is 8. The maximum atomic E-state index is 12.7. The third-order valence-electron chi connectivity index (χ3n) is 4.94. The molecule has 1 N–H and O–H groups in total. The van der Waals surface area contributed by atoms with E-state index in [2.05, 4.69) is 18.0 Å². The predicted molar refractivity (Wildman–Crippen MR) is 116 cm³/mol. The van der Waals surface area contributed by atoms with E-state index in [1.165, 1.54) is 23.5 Å². The quantitative estimate of drug-likeness (QED) is 0.635. The maximum Gasteiger partial charge on any atom is 0.318 e. The van der Waals surface area contributed by atoms with Gasteiger partial charge in [-0.05, 0) is 42.0 Å². The highest BCUT2D eigenvalue weighted by Gasteiger charge is 2.38. The average molecular weight is 441 g/mol. The minimum Gasteiger partial charge on any atom is -0.497 e. The zero-order chi connectivity index (χ0) is 22.4. The van der Waals surface area contributed by atoms with Crippen LogP contribution in [0.3, 0.4) is 0 Å². The molecule has 3 rings (SSSR count). The molecule has 2 aromatic rings. The summed E-state index contributed by atoms with van der Waals surface area (Å²) in [6.45, 7) is 4.73. The monoisotopic (exact) mass is 440 g/mol. The molecule has 0 radical (unpaired) electrons. The lowest BCUT2D eigenvalue weighted by Gasteiger charge is -2.39. The molecule has 31 heavy (non-hydrogen) atoms. The van der Waals surface area contributed by atoms with Crippen molar-refractivity contribution in [3.05, 3.63) is 72.3 Å². The molecule has 0 bridgehead atoms. The number of sulfonamides is 1. The zero-order valence-electron chi connectivity index (χ0n) is 17.2. The molecular weight excluding hydrogens is 416 g/mol. The van der Waals surface area contributed by atoms with Crippen LogP contribution in [0.25, 0.3) is 0 Å². The van der Waals surface area contributed by atoms with E-state index in [-0.39, 0.29) is 30.1 Å². The van der Waals surface area contributed by atoms with Gasteiger partial charge in [-0.2, -0.15) is 9.57 Å². The molecule has 2 aromatic carbocycles. The molecule has 1 heterocycles. The van der Waals surface area contributed by atoms with Gasteiger partial charge in [0.1, 0.15) is 5.75 Å². The molecule has 1 aliphatic rings. The summed E-state index contributed by atoms with van der Waals surface area (Å²) in [5, 5.41) is 11.9. The first kappa shape index (κ1) is 22.3. The Hall–Kier alpha value is -3.35. The Morgan fingerprint density at radius 1 is 1.32 bits per heavy atom. The van der Waals surface area contributed by atoms with Gasteiger partial charge in [-0.1, -0.05) is 18.2 Å². The van der Waals surface area contributed by atoms with Crippen molar-refractivity contribution in [2.75, 3.05) is 26.7 Å². The first-order valence-corrected chi connectivity index (χ1v) is 11.1. The number of carbonyl (C=O) groups excluding carboxylic acids is 1. The fourth-order valence-corrected chi connectivity index (χ4v) is 4.75. The number of carbonyl (C=O) groups is 1. The number of hydrogen-bond acceptors (Lipinski definition) is 5. The Balaban J connectivity index is 1.58. The van der Waals surface area contributed by atoms with Crippen molar-refractivity contribution in [1.29, 1.82) is 5.26 Å². The number of urea groups is 1. The first-order valence-electron chi connectivity index (χ1n) is 9.67. The summed E-state index contributed by atoms with van der Waals surface area (Å²) in [6.07, 6.45) is 1.62. The third-order valence-corrected chi connectivity index (χ3v) is 6.78. The highest BCUT2D eigenvalue weighted by molar-refractivity contribution is 7.89. The van der Waals surface area contributed by atoms with Gasteiger partial charge >= 0.3 is 6.03 Å². The summed E-state index contributed by atoms with van der Waals surface area (Å²) in [6, 6.07) is 14.7. The second-order valence-electron chi connectivity index (χ2n) is 7.13. The van der Waals surface area contributed by atoms with E-state index in [9.17, 15) is 13.2 Å². The largest absolute Gasteiger partial charge is 0.497 e. The van der Waals surface area contributed by atoms with Crippen LogP contribution in [-0.2, 0) is 16.6 Å². The fraction of sp³-hybridized carbons (Fsp3) is 0.273. The Bertz CT molecular complexity index is 1090. The van der Waals surface area contributed by atoms with Gasteiger partial charge in [-0.3, -0.25) is 0 Å². The standard InChI is InChI=1S/C22H24N4O4S/c1-3-11-25(14-18-6-4-5-17(12-18)13-23)22(27)24-19-15-26(16-19)31(28,29)21-9-7-20(30-2)8-10-21/h3-10,12,19H,1,11,14-16H2,2H3,(H,24,27). The number of nitriles is 1. The van der Waals surface area contributed by atoms with Crippen molar-refractivity contribution in [2.45, 2.75) is 17.5 Å². The van der Waals surface area contributed by atoms with Crippen molar-refractivity contribution in [2.24, 2.45) is 0 Å². The Morgan fingerprint density at radius 3 is 2.65 bits per heavy atom. The maximum absolute atomic E-state index is 12.7. The fourth-order valence-electron chi connectivity index (χ4n) is 3.22. The van der Waals surface area contributed by atoms with Gasteiger partial charge in [0.2, 0.25) is 10.0 Å². The number of ether oxygens (including phenoxy) is 1. The van der Waals surface area contributed by atoms with Crippen LogP contribution in [0.1, 0.15) is 11.1 Å². The number of amides is 2. The highest BCUT2D eigenvalue weighted by Crippen LogP contribution is 2.23. The van der Waals surface area contributed by atoms with E-state index in [0.717, 1.165) is 5.56 Å². The summed E-state index contributed by atoms with van der Waals surface area (Å²) in [5.41, 5.74) is 1.35. The average Bonchev–Trinajstić information content (AvgIpc) is 2.75. The van der Waals surface area contributed by atoms with Gasteiger partial charge in [0.25, 0.3) is 0 Å². The molecule has 162 valence electrons. The van der Waals surface area contributed by atoms with E-state index < -0.39 is 10.0 Å². The second-order valence-corrected chi connectivity index (χ2v) is 9.06. The smallest absolute Gasteiger partial charge is 0.318 e. The number of nitrogens with zero attached hydrogens (tertiary/aromatic N) is 3. The van der Waals surface area contributed by atoms with Crippen LogP contribution in [0.2, 0.25) is 0 Å². The van der Waals surface area contributed by atoms with Gasteiger partial charge in [-0.25, -0.2) is 13.2 Å². The summed E-state index contributed by atoms with van der Waals surface area (Å²) in [5.74, 6) is 0.579. The van der Waals surface area contributed by atoms with E-state index >= 15 is 0 Å². The van der Waals surface area contributed by atoms with Crippen LogP contribution in [0, 0.1) is 11.3 Å². The van der Waals surface area contributed by atoms with Crippen molar-refractivity contribution >= 4 is 16.1 Å². The van der Waals surface area contributed by atoms with Crippen LogP contribution in [0.5, 0.6) is 5.75 Å². The SMILES string of the molecule is C=CCN(Cc1cccc(C#N)c1)C(=O)NC1CN(S(=O)(=O)c2ccc(OC)cc2)C1. The van der Waals surface area contributed by atoms with Gasteiger partial charge in [0, 0.05) is 26.2 Å². The molecule has 1 aliphatic heterocycles. The van der Waals surface area contributed by atoms with Gasteiger partial charge < -0.3 is 15.0 Å². The molecule has 0 saturated carbocycles. The minimum absolute atomic E-state index is 0.184. The van der Waals surface area contributed by atoms with Gasteiger partial charge in [0.15, 0.2) is 0 Å². The van der Waals surface area contributed by atoms with Gasteiger partial charge in [0.05, 0.1) is 29.7 Å². The molecule has 0 aromatic heterocycles. The lowest BCUT2D eigenvalue weighted by molar-refractivity contribution is 0.175. The molecule has 9 heteroatoms. The highest BCUT2D eigenvalue weighted by atomic mass is 32.2. The Labute approximate surface area is 182 Å². The minimum atomic E-state index is -3.62. The molecule has 0 aliphatic carbocycles. The third kappa shape index (κ3) is 5.23. The van der Waals surface area contributed by atoms with Crippen molar-refractivity contribution in [3.8, 4) is 11.8 Å². The van der Waals surface area contributed by atoms with Gasteiger partial charge in [-0.15, -0.1) is 6.58 Å². The second kappa shape index (κ2) is 9.64. The van der Waals surface area contributed by atoms with Crippen LogP contribution in [0.4, 0.5) is 4.79 Å². The van der Waals surface area contributed by atoms with Crippen molar-refractivity contribution in [1.82, 2.24) is 14.5 Å².